The van der Waals surface area contributed by atoms with Gasteiger partial charge >= 0.3 is 6.03 Å². The molecule has 0 bridgehead atoms. The number of aromatic nitrogens is 1. The minimum Gasteiger partial charge on any atom is -0.389 e. The van der Waals surface area contributed by atoms with Crippen molar-refractivity contribution in [3.8, 4) is 0 Å². The van der Waals surface area contributed by atoms with Gasteiger partial charge in [-0.1, -0.05) is 0 Å². The van der Waals surface area contributed by atoms with Crippen LogP contribution in [0.25, 0.3) is 0 Å². The summed E-state index contributed by atoms with van der Waals surface area (Å²) >= 11 is 1.63. The molecule has 0 saturated heterocycles. The predicted octanol–water partition coefficient (Wildman–Crippen LogP) is 2.06. The van der Waals surface area contributed by atoms with Crippen LogP contribution in [0.1, 0.15) is 36.3 Å². The number of urea groups is 1. The average Bonchev–Trinajstić information content (AvgIpc) is 2.60. The number of rotatable bonds is 5. The van der Waals surface area contributed by atoms with Crippen LogP contribution in [0.3, 0.4) is 0 Å². The van der Waals surface area contributed by atoms with E-state index in [9.17, 15) is 9.90 Å². The van der Waals surface area contributed by atoms with Crippen LogP contribution in [0.4, 0.5) is 4.79 Å². The summed E-state index contributed by atoms with van der Waals surface area (Å²) in [7, 11) is 0. The Labute approximate surface area is 118 Å². The zero-order valence-electron chi connectivity index (χ0n) is 12.3. The van der Waals surface area contributed by atoms with Gasteiger partial charge in [0.2, 0.25) is 0 Å². The zero-order chi connectivity index (χ0) is 14.6. The quantitative estimate of drug-likeness (QED) is 0.870. The fourth-order valence-electron chi connectivity index (χ4n) is 1.80. The Kier molecular flexibility index (Phi) is 5.31. The smallest absolute Gasteiger partial charge is 0.317 e. The third-order valence-corrected chi connectivity index (χ3v) is 3.58. The Bertz CT molecular complexity index is 438. The maximum Gasteiger partial charge on any atom is 0.317 e. The van der Waals surface area contributed by atoms with Crippen LogP contribution >= 0.6 is 11.3 Å². The highest BCUT2D eigenvalue weighted by atomic mass is 32.1. The van der Waals surface area contributed by atoms with E-state index >= 15 is 0 Å². The lowest BCUT2D eigenvalue weighted by Gasteiger charge is -2.28. The van der Waals surface area contributed by atoms with E-state index in [1.54, 1.807) is 30.1 Å². The van der Waals surface area contributed by atoms with Crippen LogP contribution in [-0.2, 0) is 6.54 Å². The molecule has 0 spiro atoms. The van der Waals surface area contributed by atoms with E-state index in [0.29, 0.717) is 19.6 Å². The van der Waals surface area contributed by atoms with Gasteiger partial charge in [-0.3, -0.25) is 0 Å². The Balaban J connectivity index is 2.56. The molecule has 1 rings (SSSR count). The Morgan fingerprint density at radius 3 is 2.53 bits per heavy atom. The first-order valence-corrected chi connectivity index (χ1v) is 7.22. The molecular formula is C13H23N3O2S. The lowest BCUT2D eigenvalue weighted by atomic mass is 10.1. The van der Waals surface area contributed by atoms with Crippen LogP contribution in [0.15, 0.2) is 0 Å². The fourth-order valence-corrected chi connectivity index (χ4v) is 2.64. The first kappa shape index (κ1) is 15.9. The van der Waals surface area contributed by atoms with Crippen molar-refractivity contribution in [3.63, 3.8) is 0 Å². The lowest BCUT2D eigenvalue weighted by molar-refractivity contribution is 0.0479. The Morgan fingerprint density at radius 2 is 2.11 bits per heavy atom. The zero-order valence-corrected chi connectivity index (χ0v) is 13.1. The van der Waals surface area contributed by atoms with E-state index in [2.05, 4.69) is 10.3 Å². The molecule has 0 aliphatic carbocycles. The van der Waals surface area contributed by atoms with Gasteiger partial charge in [0.15, 0.2) is 0 Å². The molecule has 19 heavy (non-hydrogen) atoms. The van der Waals surface area contributed by atoms with Gasteiger partial charge in [-0.25, -0.2) is 9.78 Å². The predicted molar refractivity (Wildman–Crippen MR) is 77.4 cm³/mol. The first-order chi connectivity index (χ1) is 8.73. The molecule has 1 aromatic rings. The summed E-state index contributed by atoms with van der Waals surface area (Å²) in [5.74, 6) is 0. The highest BCUT2D eigenvalue weighted by Crippen LogP contribution is 2.16. The van der Waals surface area contributed by atoms with E-state index in [0.717, 1.165) is 15.6 Å². The summed E-state index contributed by atoms with van der Waals surface area (Å²) in [5, 5.41) is 13.6. The molecule has 0 aliphatic heterocycles. The van der Waals surface area contributed by atoms with E-state index in [1.165, 1.54) is 0 Å². The number of carbonyl (C=O) groups is 1. The van der Waals surface area contributed by atoms with Crippen LogP contribution in [-0.4, -0.2) is 39.7 Å². The van der Waals surface area contributed by atoms with E-state index in [-0.39, 0.29) is 6.03 Å². The number of likely N-dealkylation sites (N-methyl/N-ethyl adjacent to an activating group) is 1. The largest absolute Gasteiger partial charge is 0.389 e. The SMILES string of the molecule is CCN(CC(C)(C)O)C(=O)NCc1nc(C)sc1C. The van der Waals surface area contributed by atoms with Gasteiger partial charge in [0.25, 0.3) is 0 Å². The molecule has 0 radical (unpaired) electrons. The van der Waals surface area contributed by atoms with E-state index in [4.69, 9.17) is 0 Å². The van der Waals surface area contributed by atoms with Gasteiger partial charge in [0.1, 0.15) is 0 Å². The number of nitrogens with zero attached hydrogens (tertiary/aromatic N) is 2. The standard InChI is InChI=1S/C13H23N3O2S/c1-6-16(8-13(4,5)18)12(17)14-7-11-9(2)19-10(3)15-11/h18H,6-8H2,1-5H3,(H,14,17). The number of nitrogens with one attached hydrogen (secondary N) is 1. The molecule has 5 nitrogen and oxygen atoms in total. The van der Waals surface area contributed by atoms with Crippen molar-refractivity contribution in [2.24, 2.45) is 0 Å². The number of hydrogen-bond donors (Lipinski definition) is 2. The molecule has 0 saturated carbocycles. The van der Waals surface area contributed by atoms with Crippen molar-refractivity contribution < 1.29 is 9.90 Å². The van der Waals surface area contributed by atoms with Crippen molar-refractivity contribution in [1.82, 2.24) is 15.2 Å². The second kappa shape index (κ2) is 6.34. The van der Waals surface area contributed by atoms with Crippen molar-refractivity contribution in [2.75, 3.05) is 13.1 Å². The highest BCUT2D eigenvalue weighted by molar-refractivity contribution is 7.11. The second-order valence-electron chi connectivity index (χ2n) is 5.22. The molecule has 1 heterocycles. The fraction of sp³-hybridized carbons (Fsp3) is 0.692. The third-order valence-electron chi connectivity index (χ3n) is 2.65. The van der Waals surface area contributed by atoms with E-state index < -0.39 is 5.60 Å². The van der Waals surface area contributed by atoms with E-state index in [1.807, 2.05) is 20.8 Å². The summed E-state index contributed by atoms with van der Waals surface area (Å²) in [6.07, 6.45) is 0. The maximum absolute atomic E-state index is 12.0. The van der Waals surface area contributed by atoms with Crippen molar-refractivity contribution in [2.45, 2.75) is 46.8 Å². The minimum absolute atomic E-state index is 0.172. The van der Waals surface area contributed by atoms with Gasteiger partial charge < -0.3 is 15.3 Å². The van der Waals surface area contributed by atoms with Crippen molar-refractivity contribution in [1.29, 1.82) is 0 Å². The number of carbonyl (C=O) groups excluding carboxylic acids is 1. The molecule has 108 valence electrons. The summed E-state index contributed by atoms with van der Waals surface area (Å²) in [6.45, 7) is 10.5. The van der Waals surface area contributed by atoms with Crippen LogP contribution < -0.4 is 5.32 Å². The minimum atomic E-state index is -0.888. The monoisotopic (exact) mass is 285 g/mol. The van der Waals surface area contributed by atoms with Crippen molar-refractivity contribution in [3.05, 3.63) is 15.6 Å². The van der Waals surface area contributed by atoms with Gasteiger partial charge in [0.05, 0.1) is 29.4 Å². The number of thiazole rings is 1. The van der Waals surface area contributed by atoms with Gasteiger partial charge in [0, 0.05) is 11.4 Å². The molecule has 1 aromatic heterocycles. The van der Waals surface area contributed by atoms with Gasteiger partial charge in [-0.2, -0.15) is 0 Å². The number of aliphatic hydroxyl groups is 1. The number of aryl methyl sites for hydroxylation is 2. The van der Waals surface area contributed by atoms with Gasteiger partial charge in [-0.05, 0) is 34.6 Å². The van der Waals surface area contributed by atoms with Crippen LogP contribution in [0, 0.1) is 13.8 Å². The van der Waals surface area contributed by atoms with Gasteiger partial charge in [-0.15, -0.1) is 11.3 Å². The summed E-state index contributed by atoms with van der Waals surface area (Å²) < 4.78 is 0. The second-order valence-corrected chi connectivity index (χ2v) is 6.63. The molecule has 2 amide bonds. The number of amides is 2. The third kappa shape index (κ3) is 5.16. The molecule has 0 fully saturated rings. The molecule has 2 N–H and O–H groups in total. The molecule has 6 heteroatoms. The average molecular weight is 285 g/mol. The van der Waals surface area contributed by atoms with Crippen LogP contribution in [0.5, 0.6) is 0 Å². The maximum atomic E-state index is 12.0. The Morgan fingerprint density at radius 1 is 1.47 bits per heavy atom. The van der Waals surface area contributed by atoms with Crippen LogP contribution in [0.2, 0.25) is 0 Å². The van der Waals surface area contributed by atoms with Crippen molar-refractivity contribution >= 4 is 17.4 Å². The Hall–Kier alpha value is -1.14. The molecule has 0 atom stereocenters. The number of hydrogen-bond acceptors (Lipinski definition) is 4. The summed E-state index contributed by atoms with van der Waals surface area (Å²) in [5.41, 5.74) is 0.0238. The first-order valence-electron chi connectivity index (χ1n) is 6.41. The normalized spacial score (nSPS) is 11.5. The summed E-state index contributed by atoms with van der Waals surface area (Å²) in [6, 6.07) is -0.172. The topological polar surface area (TPSA) is 65.5 Å². The molecular weight excluding hydrogens is 262 g/mol. The molecule has 0 aliphatic rings. The lowest BCUT2D eigenvalue weighted by Crippen LogP contribution is -2.46. The highest BCUT2D eigenvalue weighted by Gasteiger charge is 2.21. The molecule has 0 aromatic carbocycles. The molecule has 0 unspecified atom stereocenters. The summed E-state index contributed by atoms with van der Waals surface area (Å²) in [4.78, 5) is 19.1.